The smallest absolute Gasteiger partial charge is 0.238 e. The average molecular weight is 450 g/mol. The molecule has 1 aliphatic rings. The first kappa shape index (κ1) is 18.4. The van der Waals surface area contributed by atoms with Gasteiger partial charge in [-0.1, -0.05) is 36.8 Å². The highest BCUT2D eigenvalue weighted by molar-refractivity contribution is 14.1. The molecular formula is C20H23IN2O2. The molecular weight excluding hydrogens is 427 g/mol. The maximum Gasteiger partial charge on any atom is 0.238 e. The fraction of sp³-hybridized carbons (Fsp3) is 0.350. The Kier molecular flexibility index (Phi) is 6.45. The SMILES string of the molecule is O=C(CN1CCCC[C@@H]1[C@H](O)c1ccccc1)Nc1ccc(I)cc1. The summed E-state index contributed by atoms with van der Waals surface area (Å²) in [5.41, 5.74) is 1.72. The number of halogens is 1. The van der Waals surface area contributed by atoms with E-state index in [0.29, 0.717) is 6.54 Å². The van der Waals surface area contributed by atoms with E-state index < -0.39 is 6.10 Å². The largest absolute Gasteiger partial charge is 0.387 e. The molecule has 1 fully saturated rings. The molecule has 0 spiro atoms. The van der Waals surface area contributed by atoms with E-state index in [9.17, 15) is 9.90 Å². The molecule has 0 bridgehead atoms. The molecule has 3 rings (SSSR count). The monoisotopic (exact) mass is 450 g/mol. The van der Waals surface area contributed by atoms with E-state index >= 15 is 0 Å². The number of rotatable bonds is 5. The summed E-state index contributed by atoms with van der Waals surface area (Å²) in [5.74, 6) is -0.0339. The third-order valence-electron chi connectivity index (χ3n) is 4.64. The first-order valence-corrected chi connectivity index (χ1v) is 9.74. The van der Waals surface area contributed by atoms with E-state index in [1.54, 1.807) is 0 Å². The van der Waals surface area contributed by atoms with E-state index in [4.69, 9.17) is 0 Å². The van der Waals surface area contributed by atoms with Crippen LogP contribution in [0.3, 0.4) is 0 Å². The molecule has 2 aromatic carbocycles. The van der Waals surface area contributed by atoms with Gasteiger partial charge in [0, 0.05) is 15.3 Å². The lowest BCUT2D eigenvalue weighted by Crippen LogP contribution is -2.46. The van der Waals surface area contributed by atoms with Gasteiger partial charge in [0.25, 0.3) is 0 Å². The molecule has 0 aliphatic carbocycles. The number of aliphatic hydroxyl groups is 1. The Morgan fingerprint density at radius 2 is 1.88 bits per heavy atom. The van der Waals surface area contributed by atoms with E-state index in [-0.39, 0.29) is 11.9 Å². The number of aliphatic hydroxyl groups excluding tert-OH is 1. The van der Waals surface area contributed by atoms with Crippen molar-refractivity contribution in [2.45, 2.75) is 31.4 Å². The zero-order chi connectivity index (χ0) is 17.6. The lowest BCUT2D eigenvalue weighted by atomic mass is 9.93. The van der Waals surface area contributed by atoms with Crippen LogP contribution in [0.1, 0.15) is 30.9 Å². The second kappa shape index (κ2) is 8.78. The van der Waals surface area contributed by atoms with Crippen LogP contribution in [-0.2, 0) is 4.79 Å². The molecule has 1 amide bonds. The van der Waals surface area contributed by atoms with Crippen LogP contribution < -0.4 is 5.32 Å². The van der Waals surface area contributed by atoms with Gasteiger partial charge in [-0.15, -0.1) is 0 Å². The number of benzene rings is 2. The van der Waals surface area contributed by atoms with Crippen molar-refractivity contribution >= 4 is 34.2 Å². The zero-order valence-electron chi connectivity index (χ0n) is 14.1. The van der Waals surface area contributed by atoms with Crippen LogP contribution in [0.25, 0.3) is 0 Å². The Bertz CT molecular complexity index is 691. The summed E-state index contributed by atoms with van der Waals surface area (Å²) < 4.78 is 1.14. The highest BCUT2D eigenvalue weighted by Crippen LogP contribution is 2.28. The fourth-order valence-corrected chi connectivity index (χ4v) is 3.72. The molecule has 132 valence electrons. The summed E-state index contributed by atoms with van der Waals surface area (Å²) in [6.45, 7) is 1.15. The zero-order valence-corrected chi connectivity index (χ0v) is 16.2. The summed E-state index contributed by atoms with van der Waals surface area (Å²) in [6.07, 6.45) is 2.50. The lowest BCUT2D eigenvalue weighted by Gasteiger charge is -2.38. The van der Waals surface area contributed by atoms with E-state index in [0.717, 1.165) is 40.6 Å². The number of amides is 1. The van der Waals surface area contributed by atoms with Crippen molar-refractivity contribution in [2.75, 3.05) is 18.4 Å². The minimum atomic E-state index is -0.562. The van der Waals surface area contributed by atoms with Crippen LogP contribution in [0.2, 0.25) is 0 Å². The summed E-state index contributed by atoms with van der Waals surface area (Å²) in [5, 5.41) is 13.7. The van der Waals surface area contributed by atoms with Crippen molar-refractivity contribution in [1.29, 1.82) is 0 Å². The topological polar surface area (TPSA) is 52.6 Å². The predicted octanol–water partition coefficient (Wildman–Crippen LogP) is 3.82. The van der Waals surface area contributed by atoms with E-state index in [1.165, 1.54) is 0 Å². The molecule has 25 heavy (non-hydrogen) atoms. The number of nitrogens with zero attached hydrogens (tertiary/aromatic N) is 1. The molecule has 0 unspecified atom stereocenters. The van der Waals surface area contributed by atoms with Crippen molar-refractivity contribution in [1.82, 2.24) is 4.90 Å². The van der Waals surface area contributed by atoms with Gasteiger partial charge in [0.1, 0.15) is 0 Å². The van der Waals surface area contributed by atoms with Gasteiger partial charge in [0.15, 0.2) is 0 Å². The van der Waals surface area contributed by atoms with Gasteiger partial charge in [-0.05, 0) is 71.8 Å². The number of likely N-dealkylation sites (tertiary alicyclic amines) is 1. The second-order valence-electron chi connectivity index (χ2n) is 6.44. The minimum absolute atomic E-state index is 0.0152. The van der Waals surface area contributed by atoms with Crippen LogP contribution in [0.5, 0.6) is 0 Å². The second-order valence-corrected chi connectivity index (χ2v) is 7.69. The number of anilines is 1. The van der Waals surface area contributed by atoms with Crippen molar-refractivity contribution in [3.63, 3.8) is 0 Å². The molecule has 1 aliphatic heterocycles. The average Bonchev–Trinajstić information content (AvgIpc) is 2.64. The fourth-order valence-electron chi connectivity index (χ4n) is 3.36. The number of hydrogen-bond donors (Lipinski definition) is 2. The Hall–Kier alpha value is -1.44. The molecule has 2 N–H and O–H groups in total. The molecule has 0 saturated carbocycles. The first-order valence-electron chi connectivity index (χ1n) is 8.66. The summed E-state index contributed by atoms with van der Waals surface area (Å²) in [4.78, 5) is 14.5. The molecule has 5 heteroatoms. The minimum Gasteiger partial charge on any atom is -0.387 e. The van der Waals surface area contributed by atoms with Crippen molar-refractivity contribution in [2.24, 2.45) is 0 Å². The van der Waals surface area contributed by atoms with Crippen LogP contribution >= 0.6 is 22.6 Å². The maximum atomic E-state index is 12.4. The molecule has 0 aromatic heterocycles. The molecule has 1 heterocycles. The van der Waals surface area contributed by atoms with Crippen molar-refractivity contribution in [3.8, 4) is 0 Å². The molecule has 1 saturated heterocycles. The Morgan fingerprint density at radius 3 is 2.60 bits per heavy atom. The number of piperidine rings is 1. The number of hydrogen-bond acceptors (Lipinski definition) is 3. The van der Waals surface area contributed by atoms with Gasteiger partial charge >= 0.3 is 0 Å². The highest BCUT2D eigenvalue weighted by atomic mass is 127. The standard InChI is InChI=1S/C20H23IN2O2/c21-16-9-11-17(12-10-16)22-19(24)14-23-13-5-4-8-18(23)20(25)15-6-2-1-3-7-15/h1-3,6-7,9-12,18,20,25H,4-5,8,13-14H2,(H,22,24)/t18-,20-/m1/s1. The third kappa shape index (κ3) is 5.03. The lowest BCUT2D eigenvalue weighted by molar-refractivity contribution is -0.119. The summed E-state index contributed by atoms with van der Waals surface area (Å²) in [7, 11) is 0. The number of nitrogens with one attached hydrogen (secondary N) is 1. The van der Waals surface area contributed by atoms with Gasteiger partial charge in [0.2, 0.25) is 5.91 Å². The first-order chi connectivity index (χ1) is 12.1. The Balaban J connectivity index is 1.64. The van der Waals surface area contributed by atoms with Crippen molar-refractivity contribution < 1.29 is 9.90 Å². The highest BCUT2D eigenvalue weighted by Gasteiger charge is 2.30. The molecule has 4 nitrogen and oxygen atoms in total. The van der Waals surface area contributed by atoms with Gasteiger partial charge in [-0.25, -0.2) is 0 Å². The van der Waals surface area contributed by atoms with Gasteiger partial charge < -0.3 is 10.4 Å². The van der Waals surface area contributed by atoms with E-state index in [1.807, 2.05) is 54.6 Å². The van der Waals surface area contributed by atoms with Crippen LogP contribution in [-0.4, -0.2) is 35.0 Å². The maximum absolute atomic E-state index is 12.4. The van der Waals surface area contributed by atoms with Crippen molar-refractivity contribution in [3.05, 3.63) is 63.7 Å². The number of carbonyl (C=O) groups is 1. The predicted molar refractivity (Wildman–Crippen MR) is 108 cm³/mol. The summed E-state index contributed by atoms with van der Waals surface area (Å²) in [6, 6.07) is 17.5. The summed E-state index contributed by atoms with van der Waals surface area (Å²) >= 11 is 2.24. The Morgan fingerprint density at radius 1 is 1.16 bits per heavy atom. The molecule has 2 atom stereocenters. The van der Waals surface area contributed by atoms with E-state index in [2.05, 4.69) is 32.8 Å². The van der Waals surface area contributed by atoms with Crippen LogP contribution in [0, 0.1) is 3.57 Å². The Labute approximate surface area is 162 Å². The number of carbonyl (C=O) groups excluding carboxylic acids is 1. The van der Waals surface area contributed by atoms with Crippen LogP contribution in [0.4, 0.5) is 5.69 Å². The van der Waals surface area contributed by atoms with Gasteiger partial charge in [-0.3, -0.25) is 9.69 Å². The third-order valence-corrected chi connectivity index (χ3v) is 5.36. The molecule has 0 radical (unpaired) electrons. The molecule has 2 aromatic rings. The quantitative estimate of drug-likeness (QED) is 0.682. The van der Waals surface area contributed by atoms with Gasteiger partial charge in [-0.2, -0.15) is 0 Å². The van der Waals surface area contributed by atoms with Crippen LogP contribution in [0.15, 0.2) is 54.6 Å². The van der Waals surface area contributed by atoms with Gasteiger partial charge in [0.05, 0.1) is 12.6 Å². The normalized spacial score (nSPS) is 19.4.